The van der Waals surface area contributed by atoms with Gasteiger partial charge < -0.3 is 10.3 Å². The zero-order valence-electron chi connectivity index (χ0n) is 15.3. The van der Waals surface area contributed by atoms with Gasteiger partial charge in [-0.3, -0.25) is 4.72 Å². The average Bonchev–Trinajstić information content (AvgIpc) is 3.09. The molecule has 0 amide bonds. The number of benzene rings is 2. The highest BCUT2D eigenvalue weighted by Crippen LogP contribution is 2.27. The predicted octanol–water partition coefficient (Wildman–Crippen LogP) is 3.51. The number of hydrogen-bond donors (Lipinski definition) is 3. The molecule has 2 heterocycles. The SMILES string of the molecule is Cc1cccc(Nc2ncnc3ccc(NS(=O)(=O)c4cnc(C)[nH]4)cc23)c1. The number of hydrogen-bond acceptors (Lipinski definition) is 6. The van der Waals surface area contributed by atoms with E-state index >= 15 is 0 Å². The number of aromatic amines is 1. The highest BCUT2D eigenvalue weighted by Gasteiger charge is 2.17. The van der Waals surface area contributed by atoms with Crippen LogP contribution in [0.1, 0.15) is 11.4 Å². The van der Waals surface area contributed by atoms with Crippen molar-refractivity contribution in [2.45, 2.75) is 18.9 Å². The van der Waals surface area contributed by atoms with Crippen LogP contribution in [0.4, 0.5) is 17.2 Å². The van der Waals surface area contributed by atoms with Crippen LogP contribution in [0.5, 0.6) is 0 Å². The fraction of sp³-hybridized carbons (Fsp3) is 0.105. The van der Waals surface area contributed by atoms with Crippen molar-refractivity contribution in [1.82, 2.24) is 19.9 Å². The van der Waals surface area contributed by atoms with E-state index in [-0.39, 0.29) is 5.03 Å². The number of rotatable bonds is 5. The molecule has 0 atom stereocenters. The van der Waals surface area contributed by atoms with Gasteiger partial charge in [0.2, 0.25) is 0 Å². The molecule has 0 bridgehead atoms. The molecular weight excluding hydrogens is 376 g/mol. The molecule has 4 aromatic rings. The molecule has 0 aliphatic carbocycles. The normalized spacial score (nSPS) is 11.5. The van der Waals surface area contributed by atoms with Crippen LogP contribution in [-0.4, -0.2) is 28.4 Å². The van der Waals surface area contributed by atoms with Gasteiger partial charge in [0, 0.05) is 16.8 Å². The Kier molecular flexibility index (Phi) is 4.44. The van der Waals surface area contributed by atoms with Crippen LogP contribution in [0, 0.1) is 13.8 Å². The van der Waals surface area contributed by atoms with E-state index < -0.39 is 10.0 Å². The van der Waals surface area contributed by atoms with E-state index in [1.54, 1.807) is 25.1 Å². The van der Waals surface area contributed by atoms with Crippen LogP contribution >= 0.6 is 0 Å². The molecule has 9 heteroatoms. The lowest BCUT2D eigenvalue weighted by atomic mass is 10.2. The molecular formula is C19H18N6O2S. The summed E-state index contributed by atoms with van der Waals surface area (Å²) in [5, 5.41) is 3.97. The largest absolute Gasteiger partial charge is 0.340 e. The van der Waals surface area contributed by atoms with E-state index in [1.165, 1.54) is 12.5 Å². The van der Waals surface area contributed by atoms with Crippen molar-refractivity contribution in [3.63, 3.8) is 0 Å². The van der Waals surface area contributed by atoms with Crippen LogP contribution in [-0.2, 0) is 10.0 Å². The molecule has 0 saturated carbocycles. The van der Waals surface area contributed by atoms with Gasteiger partial charge in [-0.2, -0.15) is 8.42 Å². The molecule has 142 valence electrons. The Morgan fingerprint density at radius 2 is 1.82 bits per heavy atom. The Morgan fingerprint density at radius 1 is 0.964 bits per heavy atom. The van der Waals surface area contributed by atoms with E-state index in [2.05, 4.69) is 30.0 Å². The summed E-state index contributed by atoms with van der Waals surface area (Å²) in [6, 6.07) is 13.0. The quantitative estimate of drug-likeness (QED) is 0.477. The topological polar surface area (TPSA) is 113 Å². The van der Waals surface area contributed by atoms with Gasteiger partial charge in [0.15, 0.2) is 5.03 Å². The Labute approximate surface area is 162 Å². The van der Waals surface area contributed by atoms with Crippen LogP contribution in [0.25, 0.3) is 10.9 Å². The molecule has 0 aliphatic rings. The van der Waals surface area contributed by atoms with Crippen molar-refractivity contribution in [2.24, 2.45) is 0 Å². The maximum Gasteiger partial charge on any atom is 0.278 e. The molecule has 2 aromatic heterocycles. The number of imidazole rings is 1. The number of aromatic nitrogens is 4. The maximum atomic E-state index is 12.5. The third-order valence-corrected chi connectivity index (χ3v) is 5.43. The number of nitrogens with one attached hydrogen (secondary N) is 3. The summed E-state index contributed by atoms with van der Waals surface area (Å²) >= 11 is 0. The molecule has 4 rings (SSSR count). The van der Waals surface area contributed by atoms with Gasteiger partial charge in [-0.25, -0.2) is 15.0 Å². The maximum absolute atomic E-state index is 12.5. The molecule has 0 radical (unpaired) electrons. The molecule has 0 fully saturated rings. The smallest absolute Gasteiger partial charge is 0.278 e. The van der Waals surface area contributed by atoms with Gasteiger partial charge in [-0.15, -0.1) is 0 Å². The first-order valence-corrected chi connectivity index (χ1v) is 10.0. The third-order valence-electron chi connectivity index (χ3n) is 4.14. The second kappa shape index (κ2) is 6.93. The van der Waals surface area contributed by atoms with Gasteiger partial charge >= 0.3 is 0 Å². The van der Waals surface area contributed by atoms with E-state index in [0.29, 0.717) is 28.2 Å². The Balaban J connectivity index is 1.70. The molecule has 0 spiro atoms. The third kappa shape index (κ3) is 3.65. The zero-order chi connectivity index (χ0) is 19.7. The lowest BCUT2D eigenvalue weighted by Gasteiger charge is -2.11. The summed E-state index contributed by atoms with van der Waals surface area (Å²) in [6.45, 7) is 3.70. The fourth-order valence-corrected chi connectivity index (χ4v) is 3.85. The minimum atomic E-state index is -3.77. The first kappa shape index (κ1) is 17.9. The van der Waals surface area contributed by atoms with Crippen molar-refractivity contribution in [2.75, 3.05) is 10.0 Å². The highest BCUT2D eigenvalue weighted by atomic mass is 32.2. The van der Waals surface area contributed by atoms with Gasteiger partial charge in [-0.05, 0) is 49.7 Å². The Hall–Kier alpha value is -3.46. The van der Waals surface area contributed by atoms with Gasteiger partial charge in [-0.1, -0.05) is 12.1 Å². The van der Waals surface area contributed by atoms with E-state index in [4.69, 9.17) is 0 Å². The predicted molar refractivity (Wildman–Crippen MR) is 108 cm³/mol. The second-order valence-electron chi connectivity index (χ2n) is 6.39. The Morgan fingerprint density at radius 3 is 2.57 bits per heavy atom. The van der Waals surface area contributed by atoms with Crippen molar-refractivity contribution in [3.05, 3.63) is 66.4 Å². The van der Waals surface area contributed by atoms with Crippen molar-refractivity contribution < 1.29 is 8.42 Å². The lowest BCUT2D eigenvalue weighted by molar-refractivity contribution is 0.598. The fourth-order valence-electron chi connectivity index (χ4n) is 2.82. The van der Waals surface area contributed by atoms with Crippen LogP contribution < -0.4 is 10.0 Å². The molecule has 3 N–H and O–H groups in total. The number of fused-ring (bicyclic) bond motifs is 1. The molecule has 0 aliphatic heterocycles. The number of anilines is 3. The molecule has 0 saturated heterocycles. The zero-order valence-corrected chi connectivity index (χ0v) is 16.1. The summed E-state index contributed by atoms with van der Waals surface area (Å²) in [5.74, 6) is 1.12. The highest BCUT2D eigenvalue weighted by molar-refractivity contribution is 7.92. The van der Waals surface area contributed by atoms with Gasteiger partial charge in [0.25, 0.3) is 10.0 Å². The van der Waals surface area contributed by atoms with E-state index in [0.717, 1.165) is 11.3 Å². The molecule has 28 heavy (non-hydrogen) atoms. The number of H-pyrrole nitrogens is 1. The van der Waals surface area contributed by atoms with Gasteiger partial charge in [0.1, 0.15) is 18.0 Å². The number of sulfonamides is 1. The van der Waals surface area contributed by atoms with Crippen LogP contribution in [0.2, 0.25) is 0 Å². The van der Waals surface area contributed by atoms with Crippen molar-refractivity contribution >= 4 is 38.1 Å². The molecule has 8 nitrogen and oxygen atoms in total. The molecule has 2 aromatic carbocycles. The minimum Gasteiger partial charge on any atom is -0.340 e. The summed E-state index contributed by atoms with van der Waals surface area (Å²) < 4.78 is 27.6. The van der Waals surface area contributed by atoms with Gasteiger partial charge in [0.05, 0.1) is 11.7 Å². The van der Waals surface area contributed by atoms with Crippen LogP contribution in [0.3, 0.4) is 0 Å². The van der Waals surface area contributed by atoms with Crippen molar-refractivity contribution in [3.8, 4) is 0 Å². The van der Waals surface area contributed by atoms with E-state index in [1.807, 2.05) is 31.2 Å². The average molecular weight is 394 g/mol. The summed E-state index contributed by atoms with van der Waals surface area (Å²) in [6.07, 6.45) is 2.75. The summed E-state index contributed by atoms with van der Waals surface area (Å²) in [5.41, 5.74) is 3.11. The first-order valence-electron chi connectivity index (χ1n) is 8.54. The number of aryl methyl sites for hydroxylation is 2. The summed E-state index contributed by atoms with van der Waals surface area (Å²) in [4.78, 5) is 15.2. The Bertz CT molecular complexity index is 1270. The first-order chi connectivity index (χ1) is 13.4. The monoisotopic (exact) mass is 394 g/mol. The van der Waals surface area contributed by atoms with Crippen molar-refractivity contribution in [1.29, 1.82) is 0 Å². The standard InChI is InChI=1S/C19H18N6O2S/c1-12-4-3-5-14(8-12)24-19-16-9-15(6-7-17(16)21-11-22-19)25-28(26,27)18-10-20-13(2)23-18/h3-11,25H,1-2H3,(H,20,23)(H,21,22,24). The lowest BCUT2D eigenvalue weighted by Crippen LogP contribution is -2.13. The minimum absolute atomic E-state index is 0.00696. The summed E-state index contributed by atoms with van der Waals surface area (Å²) in [7, 11) is -3.77. The second-order valence-corrected chi connectivity index (χ2v) is 8.04. The van der Waals surface area contributed by atoms with E-state index in [9.17, 15) is 8.42 Å². The molecule has 0 unspecified atom stereocenters. The van der Waals surface area contributed by atoms with Crippen LogP contribution in [0.15, 0.2) is 60.0 Å². The number of nitrogens with zero attached hydrogens (tertiary/aromatic N) is 3.